The van der Waals surface area contributed by atoms with E-state index >= 15 is 0 Å². The first kappa shape index (κ1) is 15.9. The van der Waals surface area contributed by atoms with Gasteiger partial charge in [-0.25, -0.2) is 4.39 Å². The standard InChI is InChI=1S/C12H17FN2O.ClH/c1-12(2,8-15-11(16)7-14)9-3-5-10(13)6-4-9;/h3-6H,7-8,14H2,1-2H3,(H,15,16);1H. The fraction of sp³-hybridized carbons (Fsp3) is 0.417. The molecule has 0 atom stereocenters. The van der Waals surface area contributed by atoms with Crippen molar-refractivity contribution in [3.63, 3.8) is 0 Å². The second-order valence-corrected chi connectivity index (χ2v) is 4.37. The smallest absolute Gasteiger partial charge is 0.233 e. The first-order valence-corrected chi connectivity index (χ1v) is 5.18. The molecule has 0 radical (unpaired) electrons. The number of nitrogens with two attached hydrogens (primary N) is 1. The molecule has 1 rings (SSSR count). The Balaban J connectivity index is 0.00000256. The van der Waals surface area contributed by atoms with Crippen LogP contribution in [0.3, 0.4) is 0 Å². The Bertz CT molecular complexity index is 365. The Morgan fingerprint density at radius 3 is 2.35 bits per heavy atom. The van der Waals surface area contributed by atoms with Crippen LogP contribution in [0.1, 0.15) is 19.4 Å². The van der Waals surface area contributed by atoms with Crippen molar-refractivity contribution in [1.29, 1.82) is 0 Å². The Kier molecular flexibility index (Phi) is 6.13. The number of rotatable bonds is 4. The Morgan fingerprint density at radius 1 is 1.35 bits per heavy atom. The van der Waals surface area contributed by atoms with E-state index in [2.05, 4.69) is 5.32 Å². The third-order valence-corrected chi connectivity index (χ3v) is 2.54. The minimum Gasteiger partial charge on any atom is -0.354 e. The van der Waals surface area contributed by atoms with Crippen molar-refractivity contribution in [1.82, 2.24) is 5.32 Å². The van der Waals surface area contributed by atoms with E-state index in [1.54, 1.807) is 12.1 Å². The minimum atomic E-state index is -0.259. The molecule has 1 aromatic rings. The molecule has 0 spiro atoms. The third kappa shape index (κ3) is 4.71. The average Bonchev–Trinajstić information content (AvgIpc) is 2.26. The van der Waals surface area contributed by atoms with Crippen LogP contribution in [0.5, 0.6) is 0 Å². The van der Waals surface area contributed by atoms with Crippen LogP contribution < -0.4 is 11.1 Å². The molecule has 0 bridgehead atoms. The topological polar surface area (TPSA) is 55.1 Å². The summed E-state index contributed by atoms with van der Waals surface area (Å²) >= 11 is 0. The quantitative estimate of drug-likeness (QED) is 0.864. The monoisotopic (exact) mass is 260 g/mol. The number of carbonyl (C=O) groups excluding carboxylic acids is 1. The van der Waals surface area contributed by atoms with E-state index in [0.717, 1.165) is 5.56 Å². The molecule has 0 saturated carbocycles. The summed E-state index contributed by atoms with van der Waals surface area (Å²) in [5, 5.41) is 2.73. The molecule has 0 aromatic heterocycles. The van der Waals surface area contributed by atoms with Crippen LogP contribution >= 0.6 is 12.4 Å². The first-order chi connectivity index (χ1) is 7.45. The van der Waals surface area contributed by atoms with E-state index in [4.69, 9.17) is 5.73 Å². The average molecular weight is 261 g/mol. The maximum atomic E-state index is 12.8. The summed E-state index contributed by atoms with van der Waals surface area (Å²) in [6.07, 6.45) is 0. The van der Waals surface area contributed by atoms with Crippen molar-refractivity contribution in [2.45, 2.75) is 19.3 Å². The van der Waals surface area contributed by atoms with Gasteiger partial charge in [0.2, 0.25) is 5.91 Å². The molecular weight excluding hydrogens is 243 g/mol. The lowest BCUT2D eigenvalue weighted by Crippen LogP contribution is -2.39. The molecule has 1 amide bonds. The summed E-state index contributed by atoms with van der Waals surface area (Å²) in [5.41, 5.74) is 5.94. The van der Waals surface area contributed by atoms with Crippen LogP contribution in [0.25, 0.3) is 0 Å². The second kappa shape index (κ2) is 6.57. The summed E-state index contributed by atoms with van der Waals surface area (Å²) in [6.45, 7) is 4.43. The van der Waals surface area contributed by atoms with E-state index in [9.17, 15) is 9.18 Å². The fourth-order valence-electron chi connectivity index (χ4n) is 1.39. The Labute approximate surface area is 107 Å². The summed E-state index contributed by atoms with van der Waals surface area (Å²) in [7, 11) is 0. The molecule has 17 heavy (non-hydrogen) atoms. The van der Waals surface area contributed by atoms with Crippen LogP contribution in [0, 0.1) is 5.82 Å². The molecule has 0 aliphatic carbocycles. The van der Waals surface area contributed by atoms with E-state index in [1.165, 1.54) is 12.1 Å². The molecule has 0 fully saturated rings. The van der Waals surface area contributed by atoms with Crippen LogP contribution in [0.2, 0.25) is 0 Å². The van der Waals surface area contributed by atoms with Crippen LogP contribution in [0.4, 0.5) is 4.39 Å². The molecule has 1 aromatic carbocycles. The highest BCUT2D eigenvalue weighted by molar-refractivity contribution is 5.85. The number of carbonyl (C=O) groups is 1. The largest absolute Gasteiger partial charge is 0.354 e. The lowest BCUT2D eigenvalue weighted by atomic mass is 9.84. The molecule has 96 valence electrons. The van der Waals surface area contributed by atoms with Crippen molar-refractivity contribution >= 4 is 18.3 Å². The van der Waals surface area contributed by atoms with Gasteiger partial charge in [0.25, 0.3) is 0 Å². The molecule has 3 nitrogen and oxygen atoms in total. The van der Waals surface area contributed by atoms with Gasteiger partial charge >= 0.3 is 0 Å². The van der Waals surface area contributed by atoms with Gasteiger partial charge in [0, 0.05) is 12.0 Å². The number of nitrogens with one attached hydrogen (secondary N) is 1. The van der Waals surface area contributed by atoms with E-state index < -0.39 is 0 Å². The summed E-state index contributed by atoms with van der Waals surface area (Å²) < 4.78 is 12.8. The third-order valence-electron chi connectivity index (χ3n) is 2.54. The summed E-state index contributed by atoms with van der Waals surface area (Å²) in [4.78, 5) is 11.0. The molecule has 0 unspecified atom stereocenters. The van der Waals surface area contributed by atoms with Gasteiger partial charge in [-0.2, -0.15) is 0 Å². The highest BCUT2D eigenvalue weighted by atomic mass is 35.5. The summed E-state index contributed by atoms with van der Waals surface area (Å²) in [6, 6.07) is 6.29. The Morgan fingerprint density at radius 2 is 1.88 bits per heavy atom. The zero-order valence-corrected chi connectivity index (χ0v) is 10.8. The van der Waals surface area contributed by atoms with Gasteiger partial charge in [0.05, 0.1) is 6.54 Å². The molecule has 0 heterocycles. The van der Waals surface area contributed by atoms with Crippen molar-refractivity contribution in [3.8, 4) is 0 Å². The number of hydrogen-bond donors (Lipinski definition) is 2. The number of halogens is 2. The zero-order valence-electron chi connectivity index (χ0n) is 10.00. The van der Waals surface area contributed by atoms with E-state index in [-0.39, 0.29) is 36.1 Å². The Hall–Kier alpha value is -1.13. The number of benzene rings is 1. The van der Waals surface area contributed by atoms with Gasteiger partial charge in [-0.15, -0.1) is 12.4 Å². The normalized spacial score (nSPS) is 10.6. The van der Waals surface area contributed by atoms with Crippen LogP contribution in [-0.2, 0) is 10.2 Å². The number of hydrogen-bond acceptors (Lipinski definition) is 2. The predicted octanol–water partition coefficient (Wildman–Crippen LogP) is 1.60. The van der Waals surface area contributed by atoms with Crippen molar-refractivity contribution in [2.24, 2.45) is 5.73 Å². The lowest BCUT2D eigenvalue weighted by molar-refractivity contribution is -0.119. The van der Waals surface area contributed by atoms with Gasteiger partial charge in [0.15, 0.2) is 0 Å². The van der Waals surface area contributed by atoms with Crippen LogP contribution in [0.15, 0.2) is 24.3 Å². The maximum absolute atomic E-state index is 12.8. The van der Waals surface area contributed by atoms with Crippen LogP contribution in [-0.4, -0.2) is 19.0 Å². The zero-order chi connectivity index (χ0) is 12.2. The first-order valence-electron chi connectivity index (χ1n) is 5.18. The molecular formula is C12H18ClFN2O. The molecule has 3 N–H and O–H groups in total. The van der Waals surface area contributed by atoms with E-state index in [1.807, 2.05) is 13.8 Å². The van der Waals surface area contributed by atoms with Gasteiger partial charge in [-0.1, -0.05) is 26.0 Å². The predicted molar refractivity (Wildman–Crippen MR) is 68.7 cm³/mol. The highest BCUT2D eigenvalue weighted by Crippen LogP contribution is 2.22. The fourth-order valence-corrected chi connectivity index (χ4v) is 1.39. The van der Waals surface area contributed by atoms with Gasteiger partial charge in [0.1, 0.15) is 5.82 Å². The molecule has 5 heteroatoms. The van der Waals surface area contributed by atoms with Gasteiger partial charge < -0.3 is 11.1 Å². The number of amides is 1. The van der Waals surface area contributed by atoms with E-state index in [0.29, 0.717) is 6.54 Å². The van der Waals surface area contributed by atoms with Gasteiger partial charge in [-0.3, -0.25) is 4.79 Å². The lowest BCUT2D eigenvalue weighted by Gasteiger charge is -2.25. The van der Waals surface area contributed by atoms with Crippen molar-refractivity contribution in [3.05, 3.63) is 35.6 Å². The van der Waals surface area contributed by atoms with Crippen molar-refractivity contribution in [2.75, 3.05) is 13.1 Å². The second-order valence-electron chi connectivity index (χ2n) is 4.37. The summed E-state index contributed by atoms with van der Waals surface area (Å²) in [5.74, 6) is -0.444. The molecule has 0 aliphatic rings. The molecule has 0 aliphatic heterocycles. The van der Waals surface area contributed by atoms with Crippen molar-refractivity contribution < 1.29 is 9.18 Å². The maximum Gasteiger partial charge on any atom is 0.233 e. The molecule has 0 saturated heterocycles. The highest BCUT2D eigenvalue weighted by Gasteiger charge is 2.20. The minimum absolute atomic E-state index is 0. The SMILES string of the molecule is CC(C)(CNC(=O)CN)c1ccc(F)cc1.Cl. The van der Waals surface area contributed by atoms with Gasteiger partial charge in [-0.05, 0) is 17.7 Å².